The first-order chi connectivity index (χ1) is 11.7. The maximum Gasteiger partial charge on any atom is 0.251 e. The van der Waals surface area contributed by atoms with Gasteiger partial charge < -0.3 is 10.1 Å². The number of hydrogen-bond acceptors (Lipinski definition) is 4. The van der Waals surface area contributed by atoms with Crippen molar-refractivity contribution in [1.29, 1.82) is 0 Å². The van der Waals surface area contributed by atoms with Crippen LogP contribution >= 0.6 is 11.6 Å². The number of halogens is 1. The molecule has 0 aliphatic carbocycles. The van der Waals surface area contributed by atoms with Crippen LogP contribution in [0.5, 0.6) is 5.75 Å². The van der Waals surface area contributed by atoms with Gasteiger partial charge in [0.05, 0.1) is 11.6 Å². The number of aryl methyl sites for hydroxylation is 2. The first-order valence-electron chi connectivity index (χ1n) is 7.49. The van der Waals surface area contributed by atoms with Crippen LogP contribution in [-0.4, -0.2) is 27.5 Å². The van der Waals surface area contributed by atoms with Crippen molar-refractivity contribution in [3.8, 4) is 5.75 Å². The fraction of sp³-hybridized carbons (Fsp3) is 0.235. The van der Waals surface area contributed by atoms with Crippen molar-refractivity contribution in [3.63, 3.8) is 0 Å². The molecule has 0 saturated carbocycles. The van der Waals surface area contributed by atoms with E-state index in [-0.39, 0.29) is 28.6 Å². The zero-order chi connectivity index (χ0) is 18.6. The van der Waals surface area contributed by atoms with E-state index < -0.39 is 15.9 Å². The number of hydrogen-bond donors (Lipinski definition) is 2. The van der Waals surface area contributed by atoms with Crippen LogP contribution in [0.2, 0.25) is 5.02 Å². The number of carbonyl (C=O) groups excluding carboxylic acids is 1. The Morgan fingerprint density at radius 3 is 2.56 bits per heavy atom. The average Bonchev–Trinajstić information content (AvgIpc) is 2.52. The Balaban J connectivity index is 1.94. The average molecular weight is 383 g/mol. The maximum atomic E-state index is 12.1. The molecule has 0 spiro atoms. The lowest BCUT2D eigenvalue weighted by Crippen LogP contribution is -2.28. The first-order valence-corrected chi connectivity index (χ1v) is 9.41. The second-order valence-electron chi connectivity index (χ2n) is 5.56. The molecule has 2 aromatic rings. The van der Waals surface area contributed by atoms with E-state index in [4.69, 9.17) is 21.5 Å². The zero-order valence-electron chi connectivity index (χ0n) is 13.9. The van der Waals surface area contributed by atoms with Crippen LogP contribution in [0, 0.1) is 13.8 Å². The summed E-state index contributed by atoms with van der Waals surface area (Å²) < 4.78 is 28.5. The largest absolute Gasteiger partial charge is 0.491 e. The van der Waals surface area contributed by atoms with E-state index in [2.05, 4.69) is 5.32 Å². The molecule has 6 nitrogen and oxygen atoms in total. The molecule has 0 fully saturated rings. The van der Waals surface area contributed by atoms with E-state index in [0.717, 1.165) is 22.9 Å². The molecule has 134 valence electrons. The molecule has 0 bridgehead atoms. The number of ether oxygens (including phenoxy) is 1. The quantitative estimate of drug-likeness (QED) is 0.749. The second kappa shape index (κ2) is 7.86. The van der Waals surface area contributed by atoms with Crippen LogP contribution in [-0.2, 0) is 10.0 Å². The molecule has 0 radical (unpaired) electrons. The molecule has 0 aliphatic heterocycles. The Bertz CT molecular complexity index is 898. The molecule has 0 heterocycles. The van der Waals surface area contributed by atoms with Crippen LogP contribution in [0.4, 0.5) is 0 Å². The number of amides is 1. The van der Waals surface area contributed by atoms with Crippen molar-refractivity contribution in [2.75, 3.05) is 13.2 Å². The molecule has 3 N–H and O–H groups in total. The number of benzene rings is 2. The predicted molar refractivity (Wildman–Crippen MR) is 96.6 cm³/mol. The summed E-state index contributed by atoms with van der Waals surface area (Å²) in [5.41, 5.74) is 2.31. The summed E-state index contributed by atoms with van der Waals surface area (Å²) in [4.78, 5) is 11.8. The molecule has 0 atom stereocenters. The highest BCUT2D eigenvalue weighted by atomic mass is 35.5. The minimum Gasteiger partial charge on any atom is -0.491 e. The number of rotatable bonds is 6. The summed E-state index contributed by atoms with van der Waals surface area (Å²) in [6.07, 6.45) is 0. The molecule has 0 unspecified atom stereocenters. The number of carbonyl (C=O) groups is 1. The fourth-order valence-electron chi connectivity index (χ4n) is 2.25. The lowest BCUT2D eigenvalue weighted by atomic mass is 10.1. The van der Waals surface area contributed by atoms with Crippen molar-refractivity contribution in [2.45, 2.75) is 18.7 Å². The first kappa shape index (κ1) is 19.2. The van der Waals surface area contributed by atoms with Crippen LogP contribution in [0.25, 0.3) is 0 Å². The van der Waals surface area contributed by atoms with Crippen molar-refractivity contribution in [1.82, 2.24) is 5.32 Å². The minimum atomic E-state index is -4.00. The molecular weight excluding hydrogens is 364 g/mol. The Morgan fingerprint density at radius 1 is 1.20 bits per heavy atom. The van der Waals surface area contributed by atoms with Gasteiger partial charge >= 0.3 is 0 Å². The lowest BCUT2D eigenvalue weighted by Gasteiger charge is -2.11. The molecule has 8 heteroatoms. The van der Waals surface area contributed by atoms with E-state index in [1.165, 1.54) is 12.1 Å². The molecule has 2 aromatic carbocycles. The summed E-state index contributed by atoms with van der Waals surface area (Å²) >= 11 is 5.80. The van der Waals surface area contributed by atoms with Gasteiger partial charge in [0, 0.05) is 5.56 Å². The topological polar surface area (TPSA) is 98.5 Å². The zero-order valence-corrected chi connectivity index (χ0v) is 15.4. The highest BCUT2D eigenvalue weighted by Gasteiger charge is 2.16. The van der Waals surface area contributed by atoms with Crippen LogP contribution in [0.15, 0.2) is 41.3 Å². The highest BCUT2D eigenvalue weighted by molar-refractivity contribution is 7.89. The molecule has 0 aromatic heterocycles. The number of primary sulfonamides is 1. The van der Waals surface area contributed by atoms with Crippen LogP contribution in [0.1, 0.15) is 21.5 Å². The van der Waals surface area contributed by atoms with E-state index in [1.54, 1.807) is 0 Å². The van der Waals surface area contributed by atoms with E-state index in [0.29, 0.717) is 0 Å². The summed E-state index contributed by atoms with van der Waals surface area (Å²) in [6, 6.07) is 9.74. The summed E-state index contributed by atoms with van der Waals surface area (Å²) in [5.74, 6) is 0.314. The van der Waals surface area contributed by atoms with Crippen LogP contribution < -0.4 is 15.2 Å². The van der Waals surface area contributed by atoms with Gasteiger partial charge in [-0.15, -0.1) is 0 Å². The Kier molecular flexibility index (Phi) is 6.05. The summed E-state index contributed by atoms with van der Waals surface area (Å²) in [7, 11) is -4.00. The Labute approximate surface area is 152 Å². The number of sulfonamides is 1. The second-order valence-corrected chi connectivity index (χ2v) is 7.50. The molecular formula is C17H19ClN2O4S. The number of nitrogens with one attached hydrogen (secondary N) is 1. The van der Waals surface area contributed by atoms with Crippen LogP contribution in [0.3, 0.4) is 0 Å². The monoisotopic (exact) mass is 382 g/mol. The summed E-state index contributed by atoms with van der Waals surface area (Å²) in [5, 5.41) is 7.70. The molecule has 0 saturated heterocycles. The fourth-order valence-corrected chi connectivity index (χ4v) is 3.32. The minimum absolute atomic E-state index is 0.0303. The molecule has 2 rings (SSSR count). The van der Waals surface area contributed by atoms with E-state index in [9.17, 15) is 13.2 Å². The standard InChI is InChI=1S/C17H19ClN2O4S/c1-11-3-6-15(12(2)9-11)24-8-7-20-17(21)13-4-5-14(18)16(10-13)25(19,22)23/h3-6,9-10H,7-8H2,1-2H3,(H,20,21)(H2,19,22,23). The van der Waals surface area contributed by atoms with Gasteiger partial charge in [-0.3, -0.25) is 4.79 Å². The van der Waals surface area contributed by atoms with Gasteiger partial charge in [-0.25, -0.2) is 13.6 Å². The van der Waals surface area contributed by atoms with Crippen molar-refractivity contribution in [3.05, 3.63) is 58.1 Å². The van der Waals surface area contributed by atoms with E-state index in [1.807, 2.05) is 32.0 Å². The number of nitrogens with two attached hydrogens (primary N) is 1. The van der Waals surface area contributed by atoms with Crippen molar-refractivity contribution >= 4 is 27.5 Å². The lowest BCUT2D eigenvalue weighted by molar-refractivity contribution is 0.0947. The predicted octanol–water partition coefficient (Wildman–Crippen LogP) is 2.41. The smallest absolute Gasteiger partial charge is 0.251 e. The van der Waals surface area contributed by atoms with Gasteiger partial charge in [0.1, 0.15) is 17.3 Å². The summed E-state index contributed by atoms with van der Waals surface area (Å²) in [6.45, 7) is 4.49. The van der Waals surface area contributed by atoms with Gasteiger partial charge in [0.15, 0.2) is 0 Å². The van der Waals surface area contributed by atoms with Gasteiger partial charge in [-0.1, -0.05) is 29.3 Å². The third-order valence-electron chi connectivity index (χ3n) is 3.48. The van der Waals surface area contributed by atoms with Gasteiger partial charge in [-0.2, -0.15) is 0 Å². The van der Waals surface area contributed by atoms with Gasteiger partial charge in [0.2, 0.25) is 10.0 Å². The van der Waals surface area contributed by atoms with E-state index >= 15 is 0 Å². The van der Waals surface area contributed by atoms with Gasteiger partial charge in [0.25, 0.3) is 5.91 Å². The maximum absolute atomic E-state index is 12.1. The Hall–Kier alpha value is -2.09. The highest BCUT2D eigenvalue weighted by Crippen LogP contribution is 2.21. The molecule has 0 aliphatic rings. The van der Waals surface area contributed by atoms with Crippen molar-refractivity contribution in [2.24, 2.45) is 5.14 Å². The van der Waals surface area contributed by atoms with Crippen molar-refractivity contribution < 1.29 is 17.9 Å². The van der Waals surface area contributed by atoms with Gasteiger partial charge in [-0.05, 0) is 43.7 Å². The third-order valence-corrected chi connectivity index (χ3v) is 4.87. The Morgan fingerprint density at radius 2 is 1.92 bits per heavy atom. The molecule has 25 heavy (non-hydrogen) atoms. The SMILES string of the molecule is Cc1ccc(OCCNC(=O)c2ccc(Cl)c(S(N)(=O)=O)c2)c(C)c1. The molecule has 1 amide bonds. The normalized spacial score (nSPS) is 11.2. The third kappa shape index (κ3) is 5.19.